The Morgan fingerprint density at radius 3 is 2.92 bits per heavy atom. The van der Waals surface area contributed by atoms with E-state index >= 15 is 0 Å². The van der Waals surface area contributed by atoms with Gasteiger partial charge in [0.1, 0.15) is 10.7 Å². The predicted molar refractivity (Wildman–Crippen MR) is 106 cm³/mol. The number of carbonyl (C=O) groups excluding carboxylic acids is 1. The number of nitrogens with zero attached hydrogens (tertiary/aromatic N) is 1. The Bertz CT molecular complexity index is 771. The molecule has 9 heteroatoms. The lowest BCUT2D eigenvalue weighted by molar-refractivity contribution is 0.0915. The first kappa shape index (κ1) is 20.8. The molecule has 2 unspecified atom stereocenters. The Balaban J connectivity index is 0.00000121. The largest absolute Gasteiger partial charge is 0.454 e. The number of benzene rings is 1. The second kappa shape index (κ2) is 8.90. The first-order chi connectivity index (χ1) is 11.7. The van der Waals surface area contributed by atoms with Crippen LogP contribution >= 0.6 is 36.2 Å². The number of aromatic nitrogens is 1. The average molecular weight is 418 g/mol. The number of nitrogens with one attached hydrogen (secondary N) is 2. The highest BCUT2D eigenvalue weighted by Gasteiger charge is 2.24. The third-order valence-electron chi connectivity index (χ3n) is 4.43. The molecule has 1 aromatic carbocycles. The molecule has 1 saturated heterocycles. The molecule has 6 nitrogen and oxygen atoms in total. The van der Waals surface area contributed by atoms with E-state index in [2.05, 4.69) is 22.5 Å². The number of carbonyl (C=O) groups is 1. The number of halogens is 2. The van der Waals surface area contributed by atoms with Crippen LogP contribution in [0.4, 0.5) is 0 Å². The Kier molecular flexibility index (Phi) is 7.11. The summed E-state index contributed by atoms with van der Waals surface area (Å²) in [5.41, 5.74) is 1.39. The van der Waals surface area contributed by atoms with Crippen molar-refractivity contribution in [1.82, 2.24) is 15.6 Å². The molecule has 1 fully saturated rings. The van der Waals surface area contributed by atoms with Gasteiger partial charge in [-0.25, -0.2) is 4.98 Å². The minimum Gasteiger partial charge on any atom is -0.454 e. The first-order valence-electron chi connectivity index (χ1n) is 8.10. The van der Waals surface area contributed by atoms with Gasteiger partial charge in [0.2, 0.25) is 6.79 Å². The monoisotopic (exact) mass is 417 g/mol. The molecule has 0 bridgehead atoms. The number of piperidine rings is 1. The van der Waals surface area contributed by atoms with E-state index in [9.17, 15) is 4.79 Å². The third-order valence-corrected chi connectivity index (χ3v) is 5.33. The van der Waals surface area contributed by atoms with Crippen molar-refractivity contribution in [2.45, 2.75) is 31.8 Å². The van der Waals surface area contributed by atoms with Crippen molar-refractivity contribution in [2.75, 3.05) is 13.3 Å². The third kappa shape index (κ3) is 4.23. The number of hydrogen-bond acceptors (Lipinski definition) is 6. The highest BCUT2D eigenvalue weighted by atomic mass is 35.5. The second-order valence-corrected chi connectivity index (χ2v) is 6.93. The van der Waals surface area contributed by atoms with E-state index in [1.807, 2.05) is 18.2 Å². The van der Waals surface area contributed by atoms with Crippen molar-refractivity contribution in [3.05, 3.63) is 29.3 Å². The summed E-state index contributed by atoms with van der Waals surface area (Å²) in [6.07, 6.45) is 2.08. The molecular weight excluding hydrogens is 397 g/mol. The number of amides is 1. The van der Waals surface area contributed by atoms with Gasteiger partial charge in [-0.05, 0) is 44.5 Å². The fourth-order valence-electron chi connectivity index (χ4n) is 3.02. The molecule has 1 aromatic heterocycles. The Hall–Kier alpha value is -1.54. The zero-order valence-corrected chi connectivity index (χ0v) is 16.6. The molecule has 2 aliphatic heterocycles. The summed E-state index contributed by atoms with van der Waals surface area (Å²) < 4.78 is 10.7. The summed E-state index contributed by atoms with van der Waals surface area (Å²) in [5, 5.41) is 9.08. The molecule has 1 amide bonds. The lowest BCUT2D eigenvalue weighted by Crippen LogP contribution is -2.51. The van der Waals surface area contributed by atoms with Crippen molar-refractivity contribution in [2.24, 2.45) is 0 Å². The summed E-state index contributed by atoms with van der Waals surface area (Å²) in [5.74, 6) is 1.35. The Labute approximate surface area is 168 Å². The van der Waals surface area contributed by atoms with E-state index in [1.165, 1.54) is 11.3 Å². The van der Waals surface area contributed by atoms with Crippen LogP contribution in [-0.2, 0) is 0 Å². The molecule has 4 rings (SSSR count). The van der Waals surface area contributed by atoms with E-state index in [1.54, 1.807) is 5.38 Å². The molecule has 26 heavy (non-hydrogen) atoms. The van der Waals surface area contributed by atoms with Crippen LogP contribution in [0.3, 0.4) is 0 Å². The highest BCUT2D eigenvalue weighted by molar-refractivity contribution is 7.13. The van der Waals surface area contributed by atoms with Crippen molar-refractivity contribution in [1.29, 1.82) is 0 Å². The normalized spacial score (nSPS) is 20.7. The zero-order valence-electron chi connectivity index (χ0n) is 14.2. The van der Waals surface area contributed by atoms with E-state index < -0.39 is 0 Å². The summed E-state index contributed by atoms with van der Waals surface area (Å²) in [6.45, 7) is 3.36. The molecule has 2 aliphatic rings. The van der Waals surface area contributed by atoms with Gasteiger partial charge < -0.3 is 20.1 Å². The molecule has 0 spiro atoms. The fraction of sp³-hybridized carbons (Fsp3) is 0.412. The standard InChI is InChI=1S/C17H19N3O3S.2ClH/c1-10-12(3-2-6-18-10)19-16(21)13-8-24-17(20-13)11-4-5-14-15(7-11)23-9-22-14;;/h4-5,7-8,10,12,18H,2-3,6,9H2,1H3,(H,19,21);2*1H. The van der Waals surface area contributed by atoms with E-state index in [-0.39, 0.29) is 49.6 Å². The molecule has 2 aromatic rings. The maximum absolute atomic E-state index is 12.5. The van der Waals surface area contributed by atoms with Crippen molar-refractivity contribution >= 4 is 42.1 Å². The van der Waals surface area contributed by atoms with Crippen LogP contribution in [-0.4, -0.2) is 36.3 Å². The van der Waals surface area contributed by atoms with Gasteiger partial charge in [0.25, 0.3) is 5.91 Å². The van der Waals surface area contributed by atoms with Crippen molar-refractivity contribution in [3.8, 4) is 22.1 Å². The molecule has 0 radical (unpaired) electrons. The predicted octanol–water partition coefficient (Wildman–Crippen LogP) is 3.25. The van der Waals surface area contributed by atoms with Crippen molar-refractivity contribution in [3.63, 3.8) is 0 Å². The lowest BCUT2D eigenvalue weighted by atomic mass is 10.00. The summed E-state index contributed by atoms with van der Waals surface area (Å²) in [6, 6.07) is 6.14. The van der Waals surface area contributed by atoms with Gasteiger partial charge in [-0.3, -0.25) is 4.79 Å². The van der Waals surface area contributed by atoms with E-state index in [0.29, 0.717) is 5.69 Å². The van der Waals surface area contributed by atoms with Crippen LogP contribution in [0.1, 0.15) is 30.3 Å². The van der Waals surface area contributed by atoms with E-state index in [0.717, 1.165) is 41.5 Å². The zero-order chi connectivity index (χ0) is 16.5. The van der Waals surface area contributed by atoms with Crippen LogP contribution in [0.2, 0.25) is 0 Å². The SMILES string of the molecule is CC1NCCCC1NC(=O)c1csc(-c2ccc3c(c2)OCO3)n1.Cl.Cl. The number of fused-ring (bicyclic) bond motifs is 1. The van der Waals surface area contributed by atoms with Crippen LogP contribution in [0.5, 0.6) is 11.5 Å². The van der Waals surface area contributed by atoms with Crippen LogP contribution in [0.25, 0.3) is 10.6 Å². The molecular formula is C17H21Cl2N3O3S. The van der Waals surface area contributed by atoms with Crippen molar-refractivity contribution < 1.29 is 14.3 Å². The molecule has 2 atom stereocenters. The number of rotatable bonds is 3. The summed E-state index contributed by atoms with van der Waals surface area (Å²) in [4.78, 5) is 16.9. The molecule has 0 aliphatic carbocycles. The smallest absolute Gasteiger partial charge is 0.271 e. The molecule has 2 N–H and O–H groups in total. The van der Waals surface area contributed by atoms with Gasteiger partial charge in [-0.2, -0.15) is 0 Å². The number of ether oxygens (including phenoxy) is 2. The van der Waals surface area contributed by atoms with Gasteiger partial charge in [-0.1, -0.05) is 0 Å². The Morgan fingerprint density at radius 1 is 1.31 bits per heavy atom. The van der Waals surface area contributed by atoms with Gasteiger partial charge in [0, 0.05) is 23.0 Å². The minimum atomic E-state index is -0.112. The fourth-order valence-corrected chi connectivity index (χ4v) is 3.82. The summed E-state index contributed by atoms with van der Waals surface area (Å²) in [7, 11) is 0. The maximum atomic E-state index is 12.5. The lowest BCUT2D eigenvalue weighted by Gasteiger charge is -2.30. The number of hydrogen-bond donors (Lipinski definition) is 2. The van der Waals surface area contributed by atoms with Crippen LogP contribution in [0, 0.1) is 0 Å². The topological polar surface area (TPSA) is 72.5 Å². The molecule has 0 saturated carbocycles. The summed E-state index contributed by atoms with van der Waals surface area (Å²) >= 11 is 1.46. The maximum Gasteiger partial charge on any atom is 0.271 e. The Morgan fingerprint density at radius 2 is 2.12 bits per heavy atom. The quantitative estimate of drug-likeness (QED) is 0.801. The second-order valence-electron chi connectivity index (χ2n) is 6.07. The minimum absolute atomic E-state index is 0. The van der Waals surface area contributed by atoms with Gasteiger partial charge in [0.05, 0.1) is 0 Å². The molecule has 3 heterocycles. The number of thiazole rings is 1. The average Bonchev–Trinajstić information content (AvgIpc) is 3.25. The molecule has 142 valence electrons. The van der Waals surface area contributed by atoms with Gasteiger partial charge >= 0.3 is 0 Å². The van der Waals surface area contributed by atoms with E-state index in [4.69, 9.17) is 9.47 Å². The van der Waals surface area contributed by atoms with Crippen LogP contribution < -0.4 is 20.1 Å². The highest BCUT2D eigenvalue weighted by Crippen LogP contribution is 2.36. The van der Waals surface area contributed by atoms with Gasteiger partial charge in [-0.15, -0.1) is 36.2 Å². The van der Waals surface area contributed by atoms with Crippen LogP contribution in [0.15, 0.2) is 23.6 Å². The van der Waals surface area contributed by atoms with Gasteiger partial charge in [0.15, 0.2) is 11.5 Å². The first-order valence-corrected chi connectivity index (χ1v) is 8.98.